The molecule has 1 N–H and O–H groups in total. The molecule has 0 spiro atoms. The molecule has 2 aromatic rings. The lowest BCUT2D eigenvalue weighted by Gasteiger charge is -2.15. The summed E-state index contributed by atoms with van der Waals surface area (Å²) in [6, 6.07) is 6.09. The summed E-state index contributed by atoms with van der Waals surface area (Å²) in [7, 11) is 1.69. The number of hydrogen-bond acceptors (Lipinski definition) is 5. The van der Waals surface area contributed by atoms with Gasteiger partial charge in [0, 0.05) is 24.7 Å². The van der Waals surface area contributed by atoms with E-state index < -0.39 is 0 Å². The topological polar surface area (TPSA) is 52.6 Å². The molecule has 1 aliphatic rings. The second-order valence-electron chi connectivity index (χ2n) is 4.59. The van der Waals surface area contributed by atoms with Crippen LogP contribution in [-0.4, -0.2) is 31.5 Å². The van der Waals surface area contributed by atoms with Crippen molar-refractivity contribution in [2.75, 3.05) is 25.8 Å². The molecule has 19 heavy (non-hydrogen) atoms. The van der Waals surface area contributed by atoms with E-state index in [4.69, 9.17) is 14.2 Å². The number of aromatic nitrogens is 1. The average molecular weight is 260 g/mol. The Balaban J connectivity index is 2.00. The van der Waals surface area contributed by atoms with E-state index in [1.54, 1.807) is 13.3 Å². The molecule has 0 amide bonds. The van der Waals surface area contributed by atoms with Gasteiger partial charge in [-0.05, 0) is 30.5 Å². The van der Waals surface area contributed by atoms with Crippen LogP contribution >= 0.6 is 0 Å². The van der Waals surface area contributed by atoms with Gasteiger partial charge in [0.1, 0.15) is 5.82 Å². The fraction of sp³-hybridized carbons (Fsp3) is 0.357. The second-order valence-corrected chi connectivity index (χ2v) is 4.59. The lowest BCUT2D eigenvalue weighted by molar-refractivity contribution is 0.174. The third-order valence-electron chi connectivity index (χ3n) is 3.06. The van der Waals surface area contributed by atoms with E-state index in [9.17, 15) is 0 Å². The zero-order valence-corrected chi connectivity index (χ0v) is 11.0. The SMILES string of the molecule is COCC(C)Nc1nccc2cc3c(cc12)OCO3. The molecule has 0 bridgehead atoms. The number of rotatable bonds is 4. The third kappa shape index (κ3) is 2.29. The summed E-state index contributed by atoms with van der Waals surface area (Å²) in [6.45, 7) is 2.96. The van der Waals surface area contributed by atoms with E-state index in [1.807, 2.05) is 18.2 Å². The van der Waals surface area contributed by atoms with Gasteiger partial charge in [-0.3, -0.25) is 0 Å². The van der Waals surface area contributed by atoms with Gasteiger partial charge in [0.05, 0.1) is 6.61 Å². The van der Waals surface area contributed by atoms with Crippen LogP contribution in [0.15, 0.2) is 24.4 Å². The number of nitrogens with zero attached hydrogens (tertiary/aromatic N) is 1. The van der Waals surface area contributed by atoms with Crippen molar-refractivity contribution in [2.24, 2.45) is 0 Å². The number of anilines is 1. The zero-order chi connectivity index (χ0) is 13.2. The number of ether oxygens (including phenoxy) is 3. The minimum Gasteiger partial charge on any atom is -0.454 e. The summed E-state index contributed by atoms with van der Waals surface area (Å²) in [5, 5.41) is 5.44. The highest BCUT2D eigenvalue weighted by Crippen LogP contribution is 2.37. The Bertz CT molecular complexity index is 601. The smallest absolute Gasteiger partial charge is 0.231 e. The van der Waals surface area contributed by atoms with Crippen LogP contribution < -0.4 is 14.8 Å². The van der Waals surface area contributed by atoms with Crippen molar-refractivity contribution in [1.29, 1.82) is 0 Å². The molecule has 5 heteroatoms. The van der Waals surface area contributed by atoms with Crippen LogP contribution in [-0.2, 0) is 4.74 Å². The Hall–Kier alpha value is -2.01. The molecule has 5 nitrogen and oxygen atoms in total. The Kier molecular flexibility index (Phi) is 3.13. The first kappa shape index (κ1) is 12.0. The summed E-state index contributed by atoms with van der Waals surface area (Å²) in [6.07, 6.45) is 1.78. The van der Waals surface area contributed by atoms with Crippen molar-refractivity contribution in [3.8, 4) is 11.5 Å². The maximum Gasteiger partial charge on any atom is 0.231 e. The van der Waals surface area contributed by atoms with E-state index >= 15 is 0 Å². The summed E-state index contributed by atoms with van der Waals surface area (Å²) in [5.41, 5.74) is 0. The molecule has 0 saturated heterocycles. The van der Waals surface area contributed by atoms with Crippen LogP contribution in [0.5, 0.6) is 11.5 Å². The summed E-state index contributed by atoms with van der Waals surface area (Å²) in [4.78, 5) is 4.39. The maximum absolute atomic E-state index is 5.41. The fourth-order valence-electron chi connectivity index (χ4n) is 2.20. The van der Waals surface area contributed by atoms with Crippen LogP contribution in [0, 0.1) is 0 Å². The summed E-state index contributed by atoms with van der Waals surface area (Å²) in [5.74, 6) is 2.39. The van der Waals surface area contributed by atoms with Crippen LogP contribution in [0.2, 0.25) is 0 Å². The quantitative estimate of drug-likeness (QED) is 0.914. The molecule has 0 radical (unpaired) electrons. The van der Waals surface area contributed by atoms with Crippen LogP contribution in [0.4, 0.5) is 5.82 Å². The Morgan fingerprint density at radius 3 is 2.95 bits per heavy atom. The first-order valence-electron chi connectivity index (χ1n) is 6.22. The zero-order valence-electron chi connectivity index (χ0n) is 11.0. The van der Waals surface area contributed by atoms with Gasteiger partial charge in [0.15, 0.2) is 11.5 Å². The lowest BCUT2D eigenvalue weighted by atomic mass is 10.1. The van der Waals surface area contributed by atoms with Gasteiger partial charge in [0.25, 0.3) is 0 Å². The lowest BCUT2D eigenvalue weighted by Crippen LogP contribution is -2.21. The van der Waals surface area contributed by atoms with Crippen LogP contribution in [0.25, 0.3) is 10.8 Å². The van der Waals surface area contributed by atoms with Gasteiger partial charge >= 0.3 is 0 Å². The van der Waals surface area contributed by atoms with Crippen molar-refractivity contribution < 1.29 is 14.2 Å². The molecule has 1 unspecified atom stereocenters. The van der Waals surface area contributed by atoms with E-state index in [0.717, 1.165) is 28.1 Å². The van der Waals surface area contributed by atoms with Crippen molar-refractivity contribution in [3.05, 3.63) is 24.4 Å². The van der Waals surface area contributed by atoms with E-state index in [1.165, 1.54) is 0 Å². The van der Waals surface area contributed by atoms with Crippen LogP contribution in [0.1, 0.15) is 6.92 Å². The molecule has 0 aliphatic carbocycles. The van der Waals surface area contributed by atoms with Gasteiger partial charge < -0.3 is 19.5 Å². The number of hydrogen-bond donors (Lipinski definition) is 1. The number of fused-ring (bicyclic) bond motifs is 2. The van der Waals surface area contributed by atoms with Gasteiger partial charge in [-0.15, -0.1) is 0 Å². The van der Waals surface area contributed by atoms with Crippen molar-refractivity contribution in [3.63, 3.8) is 0 Å². The molecule has 2 heterocycles. The number of benzene rings is 1. The summed E-state index contributed by atoms with van der Waals surface area (Å²) < 4.78 is 15.9. The number of nitrogens with one attached hydrogen (secondary N) is 1. The molecule has 1 aromatic heterocycles. The van der Waals surface area contributed by atoms with E-state index in [-0.39, 0.29) is 12.8 Å². The molecule has 3 rings (SSSR count). The van der Waals surface area contributed by atoms with Gasteiger partial charge in [0.2, 0.25) is 6.79 Å². The largest absolute Gasteiger partial charge is 0.454 e. The van der Waals surface area contributed by atoms with Crippen molar-refractivity contribution >= 4 is 16.6 Å². The molecule has 0 saturated carbocycles. The molecule has 100 valence electrons. The van der Waals surface area contributed by atoms with Crippen LogP contribution in [0.3, 0.4) is 0 Å². The average Bonchev–Trinajstić information content (AvgIpc) is 2.84. The summed E-state index contributed by atoms with van der Waals surface area (Å²) >= 11 is 0. The molecular weight excluding hydrogens is 244 g/mol. The predicted molar refractivity (Wildman–Crippen MR) is 72.8 cm³/mol. The fourth-order valence-corrected chi connectivity index (χ4v) is 2.20. The normalized spacial score (nSPS) is 14.6. The molecule has 1 aromatic carbocycles. The van der Waals surface area contributed by atoms with E-state index in [2.05, 4.69) is 17.2 Å². The van der Waals surface area contributed by atoms with Crippen molar-refractivity contribution in [1.82, 2.24) is 4.98 Å². The minimum atomic E-state index is 0.188. The third-order valence-corrected chi connectivity index (χ3v) is 3.06. The van der Waals surface area contributed by atoms with E-state index in [0.29, 0.717) is 6.61 Å². The standard InChI is InChI=1S/C14H16N2O3/c1-9(7-17-2)16-14-11-6-13-12(18-8-19-13)5-10(11)3-4-15-14/h3-6,9H,7-8H2,1-2H3,(H,15,16). The predicted octanol–water partition coefficient (Wildman–Crippen LogP) is 2.41. The van der Waals surface area contributed by atoms with Gasteiger partial charge in [-0.25, -0.2) is 4.98 Å². The highest BCUT2D eigenvalue weighted by atomic mass is 16.7. The minimum absolute atomic E-state index is 0.188. The highest BCUT2D eigenvalue weighted by Gasteiger charge is 2.16. The number of pyridine rings is 1. The molecule has 1 aliphatic heterocycles. The maximum atomic E-state index is 5.41. The Morgan fingerprint density at radius 1 is 1.37 bits per heavy atom. The Morgan fingerprint density at radius 2 is 2.16 bits per heavy atom. The molecule has 1 atom stereocenters. The molecular formula is C14H16N2O3. The van der Waals surface area contributed by atoms with Gasteiger partial charge in [-0.1, -0.05) is 0 Å². The first-order valence-corrected chi connectivity index (χ1v) is 6.22. The van der Waals surface area contributed by atoms with Gasteiger partial charge in [-0.2, -0.15) is 0 Å². The first-order chi connectivity index (χ1) is 9.28. The monoisotopic (exact) mass is 260 g/mol. The number of methoxy groups -OCH3 is 1. The van der Waals surface area contributed by atoms with Crippen molar-refractivity contribution in [2.45, 2.75) is 13.0 Å². The second kappa shape index (κ2) is 4.93. The Labute approximate surface area is 111 Å². The highest BCUT2D eigenvalue weighted by molar-refractivity contribution is 5.94. The molecule has 0 fully saturated rings.